The van der Waals surface area contributed by atoms with Crippen molar-refractivity contribution < 1.29 is 14.7 Å². The van der Waals surface area contributed by atoms with E-state index in [1.54, 1.807) is 14.0 Å². The molecule has 0 aliphatic heterocycles. The lowest BCUT2D eigenvalue weighted by Crippen LogP contribution is -2.29. The predicted molar refractivity (Wildman–Crippen MR) is 69.3 cm³/mol. The quantitative estimate of drug-likeness (QED) is 0.824. The number of hydrogen-bond donors (Lipinski definition) is 1. The summed E-state index contributed by atoms with van der Waals surface area (Å²) in [5, 5.41) is 9.22. The highest BCUT2D eigenvalue weighted by Gasteiger charge is 2.27. The van der Waals surface area contributed by atoms with Gasteiger partial charge in [0.25, 0.3) is 0 Å². The van der Waals surface area contributed by atoms with Gasteiger partial charge in [0.2, 0.25) is 0 Å². The second kappa shape index (κ2) is 6.89. The van der Waals surface area contributed by atoms with Crippen molar-refractivity contribution in [2.75, 3.05) is 13.6 Å². The van der Waals surface area contributed by atoms with Gasteiger partial charge >= 0.3 is 6.09 Å². The largest absolute Gasteiger partial charge is 0.465 e. The Hall–Kier alpha value is -0.710. The molecule has 0 spiro atoms. The van der Waals surface area contributed by atoms with Crippen LogP contribution in [0.25, 0.3) is 0 Å². The van der Waals surface area contributed by atoms with Crippen molar-refractivity contribution in [3.05, 3.63) is 0 Å². The Kier molecular flexibility index (Phi) is 5.82. The van der Waals surface area contributed by atoms with Gasteiger partial charge in [-0.15, -0.1) is 0 Å². The monoisotopic (exact) mass is 259 g/mol. The van der Waals surface area contributed by atoms with E-state index in [1.165, 1.54) is 42.3 Å². The van der Waals surface area contributed by atoms with Gasteiger partial charge in [-0.1, -0.05) is 24.6 Å². The number of hydrogen-bond acceptors (Lipinski definition) is 3. The van der Waals surface area contributed by atoms with E-state index in [9.17, 15) is 9.59 Å². The van der Waals surface area contributed by atoms with Gasteiger partial charge in [-0.25, -0.2) is 4.79 Å². The van der Waals surface area contributed by atoms with E-state index in [4.69, 9.17) is 5.11 Å². The Morgan fingerprint density at radius 2 is 2.00 bits per heavy atom. The number of nitrogens with zero attached hydrogens (tertiary/aromatic N) is 1. The maximum atomic E-state index is 11.2. The molecule has 1 fully saturated rings. The van der Waals surface area contributed by atoms with Crippen LogP contribution >= 0.6 is 11.8 Å². The minimum Gasteiger partial charge on any atom is -0.465 e. The first-order valence-electron chi connectivity index (χ1n) is 6.12. The smallest absolute Gasteiger partial charge is 0.407 e. The molecule has 0 radical (unpaired) electrons. The fourth-order valence-electron chi connectivity index (χ4n) is 2.35. The van der Waals surface area contributed by atoms with Gasteiger partial charge in [-0.05, 0) is 25.2 Å². The van der Waals surface area contributed by atoms with Gasteiger partial charge in [0.05, 0.1) is 0 Å². The number of amides is 1. The number of rotatable bonds is 5. The van der Waals surface area contributed by atoms with Crippen LogP contribution in [-0.4, -0.2) is 40.1 Å². The standard InChI is InChI=1S/C12H21NO3S/c1-9(14)17-11(10-5-3-4-6-10)7-8-13(2)12(15)16/h10-11H,3-8H2,1-2H3,(H,15,16). The lowest BCUT2D eigenvalue weighted by atomic mass is 10.0. The molecule has 1 aliphatic rings. The van der Waals surface area contributed by atoms with Crippen LogP contribution in [0.2, 0.25) is 0 Å². The topological polar surface area (TPSA) is 57.6 Å². The zero-order chi connectivity index (χ0) is 12.8. The molecule has 0 heterocycles. The van der Waals surface area contributed by atoms with Crippen LogP contribution in [-0.2, 0) is 4.79 Å². The molecule has 0 aromatic heterocycles. The number of thioether (sulfide) groups is 1. The van der Waals surface area contributed by atoms with Gasteiger partial charge in [0.1, 0.15) is 0 Å². The van der Waals surface area contributed by atoms with Crippen molar-refractivity contribution in [2.45, 2.75) is 44.3 Å². The normalized spacial score (nSPS) is 18.0. The van der Waals surface area contributed by atoms with Crippen molar-refractivity contribution in [3.63, 3.8) is 0 Å². The summed E-state index contributed by atoms with van der Waals surface area (Å²) in [6.07, 6.45) is 4.73. The maximum Gasteiger partial charge on any atom is 0.407 e. The molecule has 1 unspecified atom stereocenters. The van der Waals surface area contributed by atoms with Crippen molar-refractivity contribution in [1.82, 2.24) is 4.90 Å². The van der Waals surface area contributed by atoms with Gasteiger partial charge in [0, 0.05) is 25.8 Å². The summed E-state index contributed by atoms with van der Waals surface area (Å²) in [7, 11) is 1.58. The maximum absolute atomic E-state index is 11.2. The zero-order valence-electron chi connectivity index (χ0n) is 10.5. The van der Waals surface area contributed by atoms with E-state index in [2.05, 4.69) is 0 Å². The third kappa shape index (κ3) is 4.98. The van der Waals surface area contributed by atoms with Crippen LogP contribution in [0.4, 0.5) is 4.79 Å². The molecular weight excluding hydrogens is 238 g/mol. The molecule has 1 saturated carbocycles. The lowest BCUT2D eigenvalue weighted by molar-refractivity contribution is -0.109. The van der Waals surface area contributed by atoms with Gasteiger partial charge in [0.15, 0.2) is 5.12 Å². The van der Waals surface area contributed by atoms with E-state index in [-0.39, 0.29) is 10.4 Å². The van der Waals surface area contributed by atoms with E-state index >= 15 is 0 Å². The number of carbonyl (C=O) groups excluding carboxylic acids is 1. The van der Waals surface area contributed by atoms with Gasteiger partial charge in [-0.2, -0.15) is 0 Å². The van der Waals surface area contributed by atoms with E-state index < -0.39 is 6.09 Å². The van der Waals surface area contributed by atoms with Gasteiger partial charge in [-0.3, -0.25) is 4.79 Å². The third-order valence-electron chi connectivity index (χ3n) is 3.32. The highest BCUT2D eigenvalue weighted by molar-refractivity contribution is 8.14. The highest BCUT2D eigenvalue weighted by atomic mass is 32.2. The average Bonchev–Trinajstić information content (AvgIpc) is 2.76. The fourth-order valence-corrected chi connectivity index (χ4v) is 3.46. The van der Waals surface area contributed by atoms with Crippen molar-refractivity contribution >= 4 is 23.0 Å². The summed E-state index contributed by atoms with van der Waals surface area (Å²) in [5.41, 5.74) is 0. The van der Waals surface area contributed by atoms with Gasteiger partial charge < -0.3 is 10.0 Å². The number of carboxylic acid groups (broad SMARTS) is 1. The van der Waals surface area contributed by atoms with Crippen LogP contribution in [0.1, 0.15) is 39.0 Å². The molecule has 1 N–H and O–H groups in total. The van der Waals surface area contributed by atoms with Crippen LogP contribution in [0.15, 0.2) is 0 Å². The lowest BCUT2D eigenvalue weighted by Gasteiger charge is -2.23. The molecular formula is C12H21NO3S. The van der Waals surface area contributed by atoms with E-state index in [0.29, 0.717) is 12.5 Å². The average molecular weight is 259 g/mol. The molecule has 1 aliphatic carbocycles. The second-order valence-electron chi connectivity index (χ2n) is 4.69. The van der Waals surface area contributed by atoms with Crippen molar-refractivity contribution in [3.8, 4) is 0 Å². The van der Waals surface area contributed by atoms with Crippen molar-refractivity contribution in [2.24, 2.45) is 5.92 Å². The summed E-state index contributed by atoms with van der Waals surface area (Å²) in [6.45, 7) is 2.10. The molecule has 0 saturated heterocycles. The molecule has 17 heavy (non-hydrogen) atoms. The first-order valence-corrected chi connectivity index (χ1v) is 7.00. The summed E-state index contributed by atoms with van der Waals surface area (Å²) in [4.78, 5) is 23.2. The predicted octanol–water partition coefficient (Wildman–Crippen LogP) is 2.82. The minimum absolute atomic E-state index is 0.139. The van der Waals surface area contributed by atoms with Crippen LogP contribution < -0.4 is 0 Å². The summed E-state index contributed by atoms with van der Waals surface area (Å²) in [5.74, 6) is 0.589. The molecule has 1 rings (SSSR count). The molecule has 1 amide bonds. The number of carbonyl (C=O) groups is 2. The highest BCUT2D eigenvalue weighted by Crippen LogP contribution is 2.35. The summed E-state index contributed by atoms with van der Waals surface area (Å²) < 4.78 is 0. The minimum atomic E-state index is -0.900. The Morgan fingerprint density at radius 1 is 1.41 bits per heavy atom. The Balaban J connectivity index is 2.45. The second-order valence-corrected chi connectivity index (χ2v) is 6.10. The molecule has 5 heteroatoms. The fraction of sp³-hybridized carbons (Fsp3) is 0.833. The Bertz CT molecular complexity index is 277. The van der Waals surface area contributed by atoms with Crippen LogP contribution in [0, 0.1) is 5.92 Å². The molecule has 0 aromatic rings. The first-order chi connectivity index (χ1) is 8.00. The van der Waals surface area contributed by atoms with E-state index in [0.717, 1.165) is 6.42 Å². The van der Waals surface area contributed by atoms with E-state index in [1.807, 2.05) is 0 Å². The van der Waals surface area contributed by atoms with Crippen LogP contribution in [0.5, 0.6) is 0 Å². The Labute approximate surface area is 107 Å². The molecule has 1 atom stereocenters. The first kappa shape index (κ1) is 14.4. The van der Waals surface area contributed by atoms with Crippen LogP contribution in [0.3, 0.4) is 0 Å². The summed E-state index contributed by atoms with van der Waals surface area (Å²) in [6, 6.07) is 0. The molecule has 98 valence electrons. The summed E-state index contributed by atoms with van der Waals surface area (Å²) >= 11 is 1.39. The van der Waals surface area contributed by atoms with Crippen molar-refractivity contribution in [1.29, 1.82) is 0 Å². The Morgan fingerprint density at radius 3 is 2.47 bits per heavy atom. The molecule has 0 aromatic carbocycles. The molecule has 4 nitrogen and oxygen atoms in total. The SMILES string of the molecule is CC(=O)SC(CCN(C)C(=O)O)C1CCCC1. The third-order valence-corrected chi connectivity index (χ3v) is 4.57. The zero-order valence-corrected chi connectivity index (χ0v) is 11.3. The molecule has 0 bridgehead atoms.